The first kappa shape index (κ1) is 20.2. The van der Waals surface area contributed by atoms with Crippen LogP contribution in [0.15, 0.2) is 24.3 Å². The van der Waals surface area contributed by atoms with Crippen molar-refractivity contribution in [3.05, 3.63) is 29.8 Å². The van der Waals surface area contributed by atoms with Gasteiger partial charge in [-0.2, -0.15) is 0 Å². The topological polar surface area (TPSA) is 36.9 Å². The van der Waals surface area contributed by atoms with Gasteiger partial charge in [-0.25, -0.2) is 0 Å². The Morgan fingerprint density at radius 1 is 0.920 bits per heavy atom. The van der Waals surface area contributed by atoms with Crippen molar-refractivity contribution in [3.63, 3.8) is 0 Å². The van der Waals surface area contributed by atoms with E-state index in [1.807, 2.05) is 12.1 Å². The van der Waals surface area contributed by atoms with Gasteiger partial charge in [-0.05, 0) is 49.8 Å². The fraction of sp³-hybridized carbons (Fsp3) is 0.714. The Bertz CT molecular complexity index is 426. The summed E-state index contributed by atoms with van der Waals surface area (Å²) in [4.78, 5) is 0. The normalized spacial score (nSPS) is 17.6. The fourth-order valence-corrected chi connectivity index (χ4v) is 2.98. The second-order valence-corrected chi connectivity index (χ2v) is 6.69. The number of ether oxygens (including phenoxy) is 4. The maximum atomic E-state index is 5.75. The van der Waals surface area contributed by atoms with Crippen LogP contribution in [0.3, 0.4) is 0 Å². The van der Waals surface area contributed by atoms with Gasteiger partial charge in [-0.3, -0.25) is 0 Å². The van der Waals surface area contributed by atoms with E-state index in [2.05, 4.69) is 12.1 Å². The Hall–Kier alpha value is -1.10. The summed E-state index contributed by atoms with van der Waals surface area (Å²) < 4.78 is 22.2. The zero-order valence-electron chi connectivity index (χ0n) is 15.7. The number of rotatable bonds is 13. The van der Waals surface area contributed by atoms with Crippen molar-refractivity contribution in [3.8, 4) is 5.75 Å². The lowest BCUT2D eigenvalue weighted by molar-refractivity contribution is -0.162. The molecule has 1 fully saturated rings. The Labute approximate surface area is 152 Å². The van der Waals surface area contributed by atoms with Crippen molar-refractivity contribution < 1.29 is 18.9 Å². The molecule has 25 heavy (non-hydrogen) atoms. The number of unbranched alkanes of at least 4 members (excludes halogenated alkanes) is 5. The summed E-state index contributed by atoms with van der Waals surface area (Å²) in [7, 11) is 1.68. The molecule has 1 aromatic carbocycles. The highest BCUT2D eigenvalue weighted by Crippen LogP contribution is 2.15. The molecule has 0 saturated carbocycles. The first-order valence-electron chi connectivity index (χ1n) is 9.82. The lowest BCUT2D eigenvalue weighted by Crippen LogP contribution is -2.22. The van der Waals surface area contributed by atoms with Crippen LogP contribution in [-0.4, -0.2) is 33.2 Å². The molecule has 1 unspecified atom stereocenters. The molecule has 1 atom stereocenters. The second-order valence-electron chi connectivity index (χ2n) is 6.69. The standard InChI is InChI=1S/C21H34O4/c1-22-20-13-11-19(12-14-20)18-23-15-7-4-2-3-5-8-16-24-21-10-6-9-17-25-21/h11-14,21H,2-10,15-18H2,1H3. The van der Waals surface area contributed by atoms with Gasteiger partial charge in [-0.1, -0.05) is 37.8 Å². The number of hydrogen-bond donors (Lipinski definition) is 0. The van der Waals surface area contributed by atoms with E-state index in [1.165, 1.54) is 44.1 Å². The summed E-state index contributed by atoms with van der Waals surface area (Å²) in [6.45, 7) is 3.24. The maximum Gasteiger partial charge on any atom is 0.157 e. The van der Waals surface area contributed by atoms with Crippen LogP contribution in [0, 0.1) is 0 Å². The molecule has 4 nitrogen and oxygen atoms in total. The average Bonchev–Trinajstić information content (AvgIpc) is 2.67. The SMILES string of the molecule is COc1ccc(COCCCCCCCCOC2CCCCO2)cc1. The summed E-state index contributed by atoms with van der Waals surface area (Å²) in [6.07, 6.45) is 10.9. The predicted molar refractivity (Wildman–Crippen MR) is 99.9 cm³/mol. The lowest BCUT2D eigenvalue weighted by Gasteiger charge is -2.22. The minimum Gasteiger partial charge on any atom is -0.497 e. The summed E-state index contributed by atoms with van der Waals surface area (Å²) in [5.74, 6) is 0.889. The highest BCUT2D eigenvalue weighted by Gasteiger charge is 2.13. The number of benzene rings is 1. The van der Waals surface area contributed by atoms with Gasteiger partial charge in [0.2, 0.25) is 0 Å². The van der Waals surface area contributed by atoms with E-state index >= 15 is 0 Å². The lowest BCUT2D eigenvalue weighted by atomic mass is 10.1. The third kappa shape index (κ3) is 9.24. The molecule has 0 bridgehead atoms. The molecule has 4 heteroatoms. The molecule has 0 amide bonds. The smallest absolute Gasteiger partial charge is 0.157 e. The summed E-state index contributed by atoms with van der Waals surface area (Å²) in [5.41, 5.74) is 1.20. The van der Waals surface area contributed by atoms with Gasteiger partial charge >= 0.3 is 0 Å². The van der Waals surface area contributed by atoms with Gasteiger partial charge in [0, 0.05) is 19.8 Å². The average molecular weight is 350 g/mol. The van der Waals surface area contributed by atoms with Crippen molar-refractivity contribution >= 4 is 0 Å². The Kier molecular flexibility index (Phi) is 10.6. The van der Waals surface area contributed by atoms with Crippen LogP contribution >= 0.6 is 0 Å². The van der Waals surface area contributed by atoms with Crippen LogP contribution in [-0.2, 0) is 20.8 Å². The molecule has 142 valence electrons. The van der Waals surface area contributed by atoms with Crippen LogP contribution in [0.25, 0.3) is 0 Å². The predicted octanol–water partition coefficient (Wildman–Crippen LogP) is 5.10. The van der Waals surface area contributed by atoms with Gasteiger partial charge < -0.3 is 18.9 Å². The van der Waals surface area contributed by atoms with Crippen molar-refractivity contribution in [2.75, 3.05) is 26.9 Å². The zero-order chi connectivity index (χ0) is 17.6. The maximum absolute atomic E-state index is 5.75. The van der Waals surface area contributed by atoms with Crippen LogP contribution in [0.4, 0.5) is 0 Å². The Morgan fingerprint density at radius 2 is 1.64 bits per heavy atom. The van der Waals surface area contributed by atoms with Crippen molar-refractivity contribution in [2.24, 2.45) is 0 Å². The van der Waals surface area contributed by atoms with E-state index in [-0.39, 0.29) is 6.29 Å². The van der Waals surface area contributed by atoms with E-state index < -0.39 is 0 Å². The highest BCUT2D eigenvalue weighted by atomic mass is 16.7. The molecule has 0 aliphatic carbocycles. The molecule has 2 rings (SSSR count). The van der Waals surface area contributed by atoms with Crippen LogP contribution in [0.2, 0.25) is 0 Å². The third-order valence-corrected chi connectivity index (χ3v) is 4.55. The Morgan fingerprint density at radius 3 is 2.32 bits per heavy atom. The highest BCUT2D eigenvalue weighted by molar-refractivity contribution is 5.26. The molecule has 0 spiro atoms. The first-order valence-corrected chi connectivity index (χ1v) is 9.82. The quantitative estimate of drug-likeness (QED) is 0.464. The van der Waals surface area contributed by atoms with E-state index in [0.29, 0.717) is 6.61 Å². The fourth-order valence-electron chi connectivity index (χ4n) is 2.98. The van der Waals surface area contributed by atoms with Gasteiger partial charge in [0.15, 0.2) is 6.29 Å². The molecular formula is C21H34O4. The van der Waals surface area contributed by atoms with E-state index in [0.717, 1.165) is 44.8 Å². The largest absolute Gasteiger partial charge is 0.497 e. The summed E-state index contributed by atoms with van der Waals surface area (Å²) in [6, 6.07) is 8.06. The summed E-state index contributed by atoms with van der Waals surface area (Å²) in [5, 5.41) is 0. The van der Waals surface area contributed by atoms with Crippen LogP contribution in [0.5, 0.6) is 5.75 Å². The van der Waals surface area contributed by atoms with Crippen molar-refractivity contribution in [1.29, 1.82) is 0 Å². The van der Waals surface area contributed by atoms with E-state index in [4.69, 9.17) is 18.9 Å². The van der Waals surface area contributed by atoms with E-state index in [9.17, 15) is 0 Å². The third-order valence-electron chi connectivity index (χ3n) is 4.55. The van der Waals surface area contributed by atoms with Crippen molar-refractivity contribution in [2.45, 2.75) is 70.7 Å². The molecule has 0 aromatic heterocycles. The molecule has 1 aromatic rings. The molecule has 1 aliphatic rings. The van der Waals surface area contributed by atoms with Gasteiger partial charge in [-0.15, -0.1) is 0 Å². The second kappa shape index (κ2) is 13.2. The van der Waals surface area contributed by atoms with Gasteiger partial charge in [0.25, 0.3) is 0 Å². The van der Waals surface area contributed by atoms with Crippen LogP contribution in [0.1, 0.15) is 63.4 Å². The van der Waals surface area contributed by atoms with Gasteiger partial charge in [0.1, 0.15) is 5.75 Å². The molecule has 0 N–H and O–H groups in total. The van der Waals surface area contributed by atoms with Gasteiger partial charge in [0.05, 0.1) is 13.7 Å². The number of methoxy groups -OCH3 is 1. The monoisotopic (exact) mass is 350 g/mol. The Balaban J connectivity index is 1.33. The number of hydrogen-bond acceptors (Lipinski definition) is 4. The molecule has 0 radical (unpaired) electrons. The molecular weight excluding hydrogens is 316 g/mol. The van der Waals surface area contributed by atoms with E-state index in [1.54, 1.807) is 7.11 Å². The first-order chi connectivity index (χ1) is 12.4. The molecule has 1 aliphatic heterocycles. The zero-order valence-corrected chi connectivity index (χ0v) is 15.7. The molecule has 1 saturated heterocycles. The van der Waals surface area contributed by atoms with Crippen molar-refractivity contribution in [1.82, 2.24) is 0 Å². The molecule has 1 heterocycles. The summed E-state index contributed by atoms with van der Waals surface area (Å²) >= 11 is 0. The minimum atomic E-state index is 0.0663. The van der Waals surface area contributed by atoms with Crippen LogP contribution < -0.4 is 4.74 Å². The minimum absolute atomic E-state index is 0.0663.